The highest BCUT2D eigenvalue weighted by molar-refractivity contribution is 7.92. The number of hydrogen-bond acceptors (Lipinski definition) is 6. The van der Waals surface area contributed by atoms with E-state index in [1.165, 1.54) is 12.1 Å². The van der Waals surface area contributed by atoms with Crippen LogP contribution in [-0.4, -0.2) is 51.0 Å². The van der Waals surface area contributed by atoms with Crippen molar-refractivity contribution in [2.24, 2.45) is 0 Å². The molecular formula is C19H24N4O4S. The van der Waals surface area contributed by atoms with Crippen LogP contribution < -0.4 is 9.62 Å². The van der Waals surface area contributed by atoms with Gasteiger partial charge in [0.1, 0.15) is 5.69 Å². The molecule has 0 spiro atoms. The average molecular weight is 404 g/mol. The van der Waals surface area contributed by atoms with E-state index in [-0.39, 0.29) is 10.6 Å². The summed E-state index contributed by atoms with van der Waals surface area (Å²) in [7, 11) is -3.91. The van der Waals surface area contributed by atoms with Gasteiger partial charge < -0.3 is 4.90 Å². The summed E-state index contributed by atoms with van der Waals surface area (Å²) in [6, 6.07) is 12.5. The number of benzene rings is 2. The number of anilines is 2. The van der Waals surface area contributed by atoms with Crippen LogP contribution in [-0.2, 0) is 10.0 Å². The van der Waals surface area contributed by atoms with Gasteiger partial charge in [0.25, 0.3) is 15.7 Å². The summed E-state index contributed by atoms with van der Waals surface area (Å²) in [5.41, 5.74) is 0.668. The van der Waals surface area contributed by atoms with Gasteiger partial charge in [0, 0.05) is 37.9 Å². The van der Waals surface area contributed by atoms with E-state index in [0.29, 0.717) is 24.5 Å². The number of hydrogen-bond donors (Lipinski definition) is 1. The van der Waals surface area contributed by atoms with Crippen LogP contribution in [0.5, 0.6) is 0 Å². The van der Waals surface area contributed by atoms with Gasteiger partial charge in [0.05, 0.1) is 9.82 Å². The van der Waals surface area contributed by atoms with Crippen LogP contribution in [0.1, 0.15) is 13.3 Å². The summed E-state index contributed by atoms with van der Waals surface area (Å²) in [5, 5.41) is 11.6. The number of nitro groups is 1. The van der Waals surface area contributed by atoms with Gasteiger partial charge >= 0.3 is 0 Å². The molecule has 0 aliphatic carbocycles. The third kappa shape index (κ3) is 4.60. The van der Waals surface area contributed by atoms with E-state index >= 15 is 0 Å². The number of sulfonamides is 1. The van der Waals surface area contributed by atoms with E-state index in [9.17, 15) is 18.5 Å². The molecular weight excluding hydrogens is 380 g/mol. The lowest BCUT2D eigenvalue weighted by molar-refractivity contribution is -0.384. The van der Waals surface area contributed by atoms with E-state index in [1.54, 1.807) is 30.3 Å². The predicted molar refractivity (Wildman–Crippen MR) is 109 cm³/mol. The molecule has 1 aliphatic heterocycles. The fourth-order valence-electron chi connectivity index (χ4n) is 3.33. The van der Waals surface area contributed by atoms with Crippen LogP contribution in [0.4, 0.5) is 17.1 Å². The third-order valence-corrected chi connectivity index (χ3v) is 6.11. The molecule has 1 heterocycles. The quantitative estimate of drug-likeness (QED) is 0.563. The first-order chi connectivity index (χ1) is 13.4. The van der Waals surface area contributed by atoms with Crippen molar-refractivity contribution in [3.05, 3.63) is 58.6 Å². The standard InChI is InChI=1S/C19H24N4O4S/c1-2-10-21-11-13-22(14-12-21)18-9-8-17(15-19(18)23(24)25)28(26,27)20-16-6-4-3-5-7-16/h3-9,15,20H,2,10-14H2,1H3. The molecule has 2 aromatic rings. The first-order valence-electron chi connectivity index (χ1n) is 9.24. The number of nitrogens with zero attached hydrogens (tertiary/aromatic N) is 3. The zero-order chi connectivity index (χ0) is 20.1. The smallest absolute Gasteiger partial charge is 0.293 e. The number of nitrogens with one attached hydrogen (secondary N) is 1. The highest BCUT2D eigenvalue weighted by Crippen LogP contribution is 2.32. The molecule has 0 aromatic heterocycles. The van der Waals surface area contributed by atoms with Crippen molar-refractivity contribution in [2.75, 3.05) is 42.3 Å². The number of piperazine rings is 1. The lowest BCUT2D eigenvalue weighted by Crippen LogP contribution is -2.46. The summed E-state index contributed by atoms with van der Waals surface area (Å²) in [5.74, 6) is 0. The Morgan fingerprint density at radius 3 is 2.36 bits per heavy atom. The Kier molecular flexibility index (Phi) is 6.15. The second-order valence-corrected chi connectivity index (χ2v) is 8.39. The maximum Gasteiger partial charge on any atom is 0.293 e. The largest absolute Gasteiger partial charge is 0.363 e. The first-order valence-corrected chi connectivity index (χ1v) is 10.7. The van der Waals surface area contributed by atoms with Crippen LogP contribution in [0.25, 0.3) is 0 Å². The Morgan fingerprint density at radius 1 is 1.07 bits per heavy atom. The van der Waals surface area contributed by atoms with Crippen LogP contribution in [0.2, 0.25) is 0 Å². The van der Waals surface area contributed by atoms with Crippen LogP contribution in [0.15, 0.2) is 53.4 Å². The fourth-order valence-corrected chi connectivity index (χ4v) is 4.41. The highest BCUT2D eigenvalue weighted by atomic mass is 32.2. The summed E-state index contributed by atoms with van der Waals surface area (Å²) < 4.78 is 27.7. The van der Waals surface area contributed by atoms with Gasteiger partial charge in [-0.1, -0.05) is 25.1 Å². The Labute approximate surface area is 165 Å². The summed E-state index contributed by atoms with van der Waals surface area (Å²) in [4.78, 5) is 15.2. The predicted octanol–water partition coefficient (Wildman–Crippen LogP) is 2.93. The van der Waals surface area contributed by atoms with Crippen molar-refractivity contribution in [2.45, 2.75) is 18.2 Å². The van der Waals surface area contributed by atoms with Gasteiger partial charge in [0.15, 0.2) is 0 Å². The summed E-state index contributed by atoms with van der Waals surface area (Å²) >= 11 is 0. The molecule has 1 fully saturated rings. The maximum absolute atomic E-state index is 12.6. The molecule has 28 heavy (non-hydrogen) atoms. The lowest BCUT2D eigenvalue weighted by Gasteiger charge is -2.35. The Balaban J connectivity index is 1.84. The molecule has 1 N–H and O–H groups in total. The second kappa shape index (κ2) is 8.57. The van der Waals surface area contributed by atoms with Gasteiger partial charge in [-0.05, 0) is 37.2 Å². The highest BCUT2D eigenvalue weighted by Gasteiger charge is 2.26. The van der Waals surface area contributed by atoms with Crippen molar-refractivity contribution < 1.29 is 13.3 Å². The normalized spacial score (nSPS) is 15.4. The molecule has 0 atom stereocenters. The second-order valence-electron chi connectivity index (χ2n) is 6.71. The topological polar surface area (TPSA) is 95.8 Å². The maximum atomic E-state index is 12.6. The van der Waals surface area contributed by atoms with Crippen LogP contribution >= 0.6 is 0 Å². The molecule has 150 valence electrons. The van der Waals surface area contributed by atoms with Crippen molar-refractivity contribution in [1.82, 2.24) is 4.90 Å². The third-order valence-electron chi connectivity index (χ3n) is 4.73. The average Bonchev–Trinajstić information content (AvgIpc) is 2.69. The number of nitro benzene ring substituents is 1. The van der Waals surface area contributed by atoms with E-state index in [1.807, 2.05) is 4.90 Å². The molecule has 9 heteroatoms. The molecule has 1 saturated heterocycles. The molecule has 8 nitrogen and oxygen atoms in total. The minimum absolute atomic E-state index is 0.128. The van der Waals surface area contributed by atoms with Gasteiger partial charge in [-0.25, -0.2) is 8.42 Å². The molecule has 0 amide bonds. The molecule has 0 saturated carbocycles. The minimum atomic E-state index is -3.91. The van der Waals surface area contributed by atoms with Gasteiger partial charge in [0.2, 0.25) is 0 Å². The monoisotopic (exact) mass is 404 g/mol. The molecule has 3 rings (SSSR count). The Bertz CT molecular complexity index is 926. The lowest BCUT2D eigenvalue weighted by atomic mass is 10.2. The first kappa shape index (κ1) is 20.1. The fraction of sp³-hybridized carbons (Fsp3) is 0.368. The number of para-hydroxylation sites is 1. The molecule has 1 aliphatic rings. The van der Waals surface area contributed by atoms with Gasteiger partial charge in [-0.15, -0.1) is 0 Å². The molecule has 0 bridgehead atoms. The SMILES string of the molecule is CCCN1CCN(c2ccc(S(=O)(=O)Nc3ccccc3)cc2[N+](=O)[O-])CC1. The molecule has 0 unspecified atom stereocenters. The van der Waals surface area contributed by atoms with Crippen molar-refractivity contribution in [3.63, 3.8) is 0 Å². The Hall–Kier alpha value is -2.65. The van der Waals surface area contributed by atoms with Gasteiger partial charge in [-0.3, -0.25) is 19.7 Å². The van der Waals surface area contributed by atoms with Gasteiger partial charge in [-0.2, -0.15) is 0 Å². The zero-order valence-corrected chi connectivity index (χ0v) is 16.6. The molecule has 2 aromatic carbocycles. The van der Waals surface area contributed by atoms with Crippen molar-refractivity contribution in [3.8, 4) is 0 Å². The van der Waals surface area contributed by atoms with Crippen molar-refractivity contribution in [1.29, 1.82) is 0 Å². The summed E-state index contributed by atoms with van der Waals surface area (Å²) in [6.07, 6.45) is 1.07. The van der Waals surface area contributed by atoms with E-state index in [2.05, 4.69) is 16.5 Å². The van der Waals surface area contributed by atoms with Crippen LogP contribution in [0.3, 0.4) is 0 Å². The zero-order valence-electron chi connectivity index (χ0n) is 15.7. The Morgan fingerprint density at radius 2 is 1.75 bits per heavy atom. The van der Waals surface area contributed by atoms with Crippen LogP contribution in [0, 0.1) is 10.1 Å². The van der Waals surface area contributed by atoms with E-state index < -0.39 is 14.9 Å². The minimum Gasteiger partial charge on any atom is -0.363 e. The van der Waals surface area contributed by atoms with E-state index in [0.717, 1.165) is 32.1 Å². The van der Waals surface area contributed by atoms with E-state index in [4.69, 9.17) is 0 Å². The van der Waals surface area contributed by atoms with Crippen molar-refractivity contribution >= 4 is 27.1 Å². The number of rotatable bonds is 7. The molecule has 0 radical (unpaired) electrons. The summed E-state index contributed by atoms with van der Waals surface area (Å²) in [6.45, 7) is 6.16.